The van der Waals surface area contributed by atoms with E-state index in [1.807, 2.05) is 0 Å². The molecule has 0 amide bonds. The average Bonchev–Trinajstić information content (AvgIpc) is 2.03. The van der Waals surface area contributed by atoms with Crippen LogP contribution < -0.4 is 29.6 Å². The first-order valence-electron chi connectivity index (χ1n) is 3.24. The Hall–Kier alpha value is 0.290. The van der Waals surface area contributed by atoms with Crippen LogP contribution in [0.5, 0.6) is 0 Å². The molecule has 1 rings (SSSR count). The SMILES string of the molecule is C=Cc1ccc(S(=O)(O)=S)cc1.[H-].[Na+]. The molecule has 66 valence electrons. The number of rotatable bonds is 2. The Labute approximate surface area is 106 Å². The summed E-state index contributed by atoms with van der Waals surface area (Å²) in [4.78, 5) is 0.267. The molecule has 1 aromatic carbocycles. The Kier molecular flexibility index (Phi) is 5.36. The molecule has 1 atom stereocenters. The first-order valence-corrected chi connectivity index (χ1v) is 5.68. The van der Waals surface area contributed by atoms with Crippen molar-refractivity contribution in [2.75, 3.05) is 0 Å². The van der Waals surface area contributed by atoms with Gasteiger partial charge in [0.1, 0.15) is 0 Å². The third-order valence-corrected chi connectivity index (χ3v) is 2.86. The average molecular weight is 224 g/mol. The van der Waals surface area contributed by atoms with Crippen LogP contribution in [0.4, 0.5) is 0 Å². The van der Waals surface area contributed by atoms with Crippen LogP contribution in [0.1, 0.15) is 6.99 Å². The third kappa shape index (κ3) is 3.89. The van der Waals surface area contributed by atoms with Gasteiger partial charge in [0.05, 0.1) is 4.90 Å². The minimum Gasteiger partial charge on any atom is -1.00 e. The molecule has 0 aliphatic heterocycles. The molecule has 0 aliphatic carbocycles. The van der Waals surface area contributed by atoms with Gasteiger partial charge in [0.25, 0.3) is 0 Å². The molecule has 2 nitrogen and oxygen atoms in total. The third-order valence-electron chi connectivity index (χ3n) is 1.41. The van der Waals surface area contributed by atoms with Gasteiger partial charge in [-0.05, 0) is 17.7 Å². The zero-order valence-corrected chi connectivity index (χ0v) is 10.9. The summed E-state index contributed by atoms with van der Waals surface area (Å²) in [5.41, 5.74) is 0.900. The van der Waals surface area contributed by atoms with Crippen LogP contribution >= 0.6 is 0 Å². The summed E-state index contributed by atoms with van der Waals surface area (Å²) < 4.78 is 19.9. The number of hydrogen-bond acceptors (Lipinski definition) is 2. The molecule has 0 saturated carbocycles. The summed E-state index contributed by atoms with van der Waals surface area (Å²) in [5, 5.41) is 0. The summed E-state index contributed by atoms with van der Waals surface area (Å²) in [7, 11) is -3.23. The van der Waals surface area contributed by atoms with Crippen molar-refractivity contribution >= 4 is 26.0 Å². The molecule has 1 N–H and O–H groups in total. The maximum atomic E-state index is 10.9. The zero-order chi connectivity index (χ0) is 9.19. The molecule has 13 heavy (non-hydrogen) atoms. The summed E-state index contributed by atoms with van der Waals surface area (Å²) >= 11 is 4.39. The first kappa shape index (κ1) is 13.3. The molecule has 0 heterocycles. The zero-order valence-electron chi connectivity index (χ0n) is 8.27. The van der Waals surface area contributed by atoms with Crippen molar-refractivity contribution in [2.45, 2.75) is 4.90 Å². The molecule has 5 heteroatoms. The van der Waals surface area contributed by atoms with Gasteiger partial charge < -0.3 is 5.98 Å². The van der Waals surface area contributed by atoms with Crippen LogP contribution in [0, 0.1) is 0 Å². The van der Waals surface area contributed by atoms with E-state index in [9.17, 15) is 4.21 Å². The molecule has 0 aromatic heterocycles. The topological polar surface area (TPSA) is 37.3 Å². The summed E-state index contributed by atoms with van der Waals surface area (Å²) in [5.74, 6) is 0. The fourth-order valence-electron chi connectivity index (χ4n) is 0.776. The van der Waals surface area contributed by atoms with Gasteiger partial charge in [0.15, 0.2) is 8.77 Å². The van der Waals surface area contributed by atoms with E-state index in [2.05, 4.69) is 17.8 Å². The monoisotopic (exact) mass is 224 g/mol. The van der Waals surface area contributed by atoms with Gasteiger partial charge in [-0.3, -0.25) is 0 Å². The van der Waals surface area contributed by atoms with Gasteiger partial charge in [-0.2, -0.15) is 0 Å². The van der Waals surface area contributed by atoms with Crippen molar-refractivity contribution in [1.29, 1.82) is 0 Å². The molecule has 1 unspecified atom stereocenters. The molecule has 0 spiro atoms. The van der Waals surface area contributed by atoms with Gasteiger partial charge in [-0.1, -0.05) is 24.8 Å². The van der Waals surface area contributed by atoms with E-state index >= 15 is 0 Å². The Morgan fingerprint density at radius 3 is 2.23 bits per heavy atom. The summed E-state index contributed by atoms with van der Waals surface area (Å²) in [6, 6.07) is 6.47. The molecular formula is C8H9NaO2S2. The van der Waals surface area contributed by atoms with Crippen molar-refractivity contribution in [3.63, 3.8) is 0 Å². The van der Waals surface area contributed by atoms with Gasteiger partial charge >= 0.3 is 29.6 Å². The molecule has 0 bridgehead atoms. The first-order chi connectivity index (χ1) is 5.54. The van der Waals surface area contributed by atoms with Crippen molar-refractivity contribution in [3.05, 3.63) is 36.4 Å². The van der Waals surface area contributed by atoms with Crippen LogP contribution in [-0.4, -0.2) is 8.76 Å². The molecule has 0 radical (unpaired) electrons. The normalized spacial score (nSPS) is 13.9. The second-order valence-corrected chi connectivity index (χ2v) is 5.03. The van der Waals surface area contributed by atoms with Crippen molar-refractivity contribution in [2.24, 2.45) is 0 Å². The van der Waals surface area contributed by atoms with Crippen LogP contribution in [-0.2, 0) is 20.0 Å². The predicted molar refractivity (Wildman–Crippen MR) is 54.0 cm³/mol. The van der Waals surface area contributed by atoms with Crippen LogP contribution in [0.25, 0.3) is 6.08 Å². The maximum absolute atomic E-state index is 10.9. The van der Waals surface area contributed by atoms with Gasteiger partial charge in [0, 0.05) is 11.2 Å². The van der Waals surface area contributed by atoms with Crippen LogP contribution in [0.3, 0.4) is 0 Å². The number of hydrogen-bond donors (Lipinski definition) is 1. The Bertz CT molecular complexity index is 386. The second-order valence-electron chi connectivity index (χ2n) is 2.25. The molecule has 1 aromatic rings. The quantitative estimate of drug-likeness (QED) is 0.656. The van der Waals surface area contributed by atoms with E-state index < -0.39 is 8.77 Å². The summed E-state index contributed by atoms with van der Waals surface area (Å²) in [6.45, 7) is 3.56. The maximum Gasteiger partial charge on any atom is 1.00 e. The van der Waals surface area contributed by atoms with E-state index in [0.29, 0.717) is 0 Å². The van der Waals surface area contributed by atoms with Gasteiger partial charge in [0.2, 0.25) is 0 Å². The standard InChI is InChI=1S/C8H8O2S2.Na.H/c1-2-7-3-5-8(6-4-7)12(9,10)11;;/h2-6H,1H2,(H,9,10,11);;/q;+1;-1. The predicted octanol–water partition coefficient (Wildman–Crippen LogP) is -0.976. The van der Waals surface area contributed by atoms with Crippen molar-refractivity contribution < 1.29 is 39.7 Å². The fourth-order valence-corrected chi connectivity index (χ4v) is 1.59. The van der Waals surface area contributed by atoms with E-state index in [4.69, 9.17) is 4.55 Å². The Balaban J connectivity index is 0. The van der Waals surface area contributed by atoms with Crippen molar-refractivity contribution in [3.8, 4) is 0 Å². The minimum absolute atomic E-state index is 0. The molecule has 0 aliphatic rings. The van der Waals surface area contributed by atoms with Crippen molar-refractivity contribution in [1.82, 2.24) is 0 Å². The van der Waals surface area contributed by atoms with E-state index in [0.717, 1.165) is 5.56 Å². The van der Waals surface area contributed by atoms with E-state index in [1.54, 1.807) is 18.2 Å². The van der Waals surface area contributed by atoms with E-state index in [1.165, 1.54) is 12.1 Å². The van der Waals surface area contributed by atoms with Crippen LogP contribution in [0.2, 0.25) is 0 Å². The second kappa shape index (κ2) is 5.24. The Morgan fingerprint density at radius 1 is 1.46 bits per heavy atom. The van der Waals surface area contributed by atoms with Gasteiger partial charge in [-0.15, -0.1) is 0 Å². The van der Waals surface area contributed by atoms with Crippen LogP contribution in [0.15, 0.2) is 35.7 Å². The van der Waals surface area contributed by atoms with E-state index in [-0.39, 0.29) is 35.9 Å². The molecule has 0 fully saturated rings. The largest absolute Gasteiger partial charge is 1.00 e. The molecule has 0 saturated heterocycles. The minimum atomic E-state index is -3.23. The van der Waals surface area contributed by atoms with Gasteiger partial charge in [-0.25, -0.2) is 4.21 Å². The Morgan fingerprint density at radius 2 is 1.92 bits per heavy atom. The summed E-state index contributed by atoms with van der Waals surface area (Å²) in [6.07, 6.45) is 1.66. The number of benzene rings is 1. The smallest absolute Gasteiger partial charge is 1.00 e. The molecular weight excluding hydrogens is 215 g/mol. The fraction of sp³-hybridized carbons (Fsp3) is 0.